The lowest BCUT2D eigenvalue weighted by Gasteiger charge is -2.23. The lowest BCUT2D eigenvalue weighted by Crippen LogP contribution is -2.27. The highest BCUT2D eigenvalue weighted by atomic mass is 19.4. The standard InChI is InChI=1S/C18H21F3N4O/c1-25(2)16(13-6-4-3-5-7-13)12-23-17(22)24-14-8-10-15(11-9-14)26-18(19,20)21/h3-11,16H,12H2,1-2H3,(H3,22,23,24). The highest BCUT2D eigenvalue weighted by Gasteiger charge is 2.30. The largest absolute Gasteiger partial charge is 0.573 e. The van der Waals surface area contributed by atoms with Crippen molar-refractivity contribution in [2.24, 2.45) is 10.7 Å². The van der Waals surface area contributed by atoms with Crippen LogP contribution in [-0.2, 0) is 0 Å². The van der Waals surface area contributed by atoms with Crippen molar-refractivity contribution in [2.45, 2.75) is 12.4 Å². The van der Waals surface area contributed by atoms with Crippen molar-refractivity contribution < 1.29 is 17.9 Å². The van der Waals surface area contributed by atoms with Gasteiger partial charge in [-0.25, -0.2) is 0 Å². The molecule has 5 nitrogen and oxygen atoms in total. The van der Waals surface area contributed by atoms with Gasteiger partial charge >= 0.3 is 6.36 Å². The average Bonchev–Trinajstić information content (AvgIpc) is 2.56. The number of nitrogens with one attached hydrogen (secondary N) is 1. The molecule has 0 saturated carbocycles. The van der Waals surface area contributed by atoms with Crippen molar-refractivity contribution in [1.29, 1.82) is 0 Å². The monoisotopic (exact) mass is 366 g/mol. The predicted octanol–water partition coefficient (Wildman–Crippen LogP) is 3.61. The number of nitrogens with zero attached hydrogens (tertiary/aromatic N) is 2. The van der Waals surface area contributed by atoms with Crippen molar-refractivity contribution in [3.63, 3.8) is 0 Å². The Hall–Kier alpha value is -2.74. The molecule has 26 heavy (non-hydrogen) atoms. The van der Waals surface area contributed by atoms with E-state index in [-0.39, 0.29) is 17.8 Å². The molecule has 0 aliphatic carbocycles. The third-order valence-corrected chi connectivity index (χ3v) is 3.60. The van der Waals surface area contributed by atoms with E-state index in [2.05, 4.69) is 15.0 Å². The van der Waals surface area contributed by atoms with Crippen molar-refractivity contribution in [2.75, 3.05) is 26.0 Å². The number of hydrogen-bond donors (Lipinski definition) is 2. The number of likely N-dealkylation sites (N-methyl/N-ethyl adjacent to an activating group) is 1. The molecule has 3 N–H and O–H groups in total. The molecule has 2 rings (SSSR count). The highest BCUT2D eigenvalue weighted by Crippen LogP contribution is 2.24. The minimum absolute atomic E-state index is 0.0547. The van der Waals surface area contributed by atoms with Gasteiger partial charge in [0.15, 0.2) is 5.96 Å². The van der Waals surface area contributed by atoms with Crippen molar-refractivity contribution >= 4 is 11.6 Å². The molecule has 140 valence electrons. The van der Waals surface area contributed by atoms with Crippen molar-refractivity contribution in [1.82, 2.24) is 4.90 Å². The van der Waals surface area contributed by atoms with Crippen LogP contribution in [0.15, 0.2) is 59.6 Å². The summed E-state index contributed by atoms with van der Waals surface area (Å²) in [6, 6.07) is 15.2. The van der Waals surface area contributed by atoms with Gasteiger partial charge in [-0.2, -0.15) is 0 Å². The smallest absolute Gasteiger partial charge is 0.406 e. The van der Waals surface area contributed by atoms with Crippen LogP contribution >= 0.6 is 0 Å². The predicted molar refractivity (Wildman–Crippen MR) is 96.1 cm³/mol. The second kappa shape index (κ2) is 8.57. The number of guanidine groups is 1. The lowest BCUT2D eigenvalue weighted by atomic mass is 10.1. The fourth-order valence-corrected chi connectivity index (χ4v) is 2.35. The topological polar surface area (TPSA) is 62.9 Å². The molecule has 0 fully saturated rings. The van der Waals surface area contributed by atoms with Gasteiger partial charge in [-0.05, 0) is 43.9 Å². The average molecular weight is 366 g/mol. The SMILES string of the molecule is CN(C)C(CN=C(N)Nc1ccc(OC(F)(F)F)cc1)c1ccccc1. The fourth-order valence-electron chi connectivity index (χ4n) is 2.35. The third kappa shape index (κ3) is 6.29. The number of alkyl halides is 3. The summed E-state index contributed by atoms with van der Waals surface area (Å²) in [6.45, 7) is 0.436. The number of benzene rings is 2. The summed E-state index contributed by atoms with van der Waals surface area (Å²) in [5.74, 6) is -0.118. The van der Waals surface area contributed by atoms with E-state index in [0.717, 1.165) is 5.56 Å². The Balaban J connectivity index is 1.98. The molecule has 0 heterocycles. The summed E-state index contributed by atoms with van der Waals surface area (Å²) in [7, 11) is 3.91. The van der Waals surface area contributed by atoms with E-state index in [1.54, 1.807) is 0 Å². The van der Waals surface area contributed by atoms with Gasteiger partial charge < -0.3 is 20.7 Å². The van der Waals surface area contributed by atoms with Gasteiger partial charge in [0.2, 0.25) is 0 Å². The molecule has 0 saturated heterocycles. The number of rotatable bonds is 6. The van der Waals surface area contributed by atoms with Crippen LogP contribution in [0.25, 0.3) is 0 Å². The molecule has 0 spiro atoms. The van der Waals surface area contributed by atoms with Crippen LogP contribution in [0.5, 0.6) is 5.75 Å². The number of hydrogen-bond acceptors (Lipinski definition) is 3. The quantitative estimate of drug-likeness (QED) is 0.606. The maximum absolute atomic E-state index is 12.2. The lowest BCUT2D eigenvalue weighted by molar-refractivity contribution is -0.274. The van der Waals surface area contributed by atoms with Crippen LogP contribution in [0.4, 0.5) is 18.9 Å². The number of ether oxygens (including phenoxy) is 1. The van der Waals surface area contributed by atoms with Gasteiger partial charge in [0.05, 0.1) is 12.6 Å². The molecule has 8 heteroatoms. The van der Waals surface area contributed by atoms with Crippen LogP contribution in [0.3, 0.4) is 0 Å². The van der Waals surface area contributed by atoms with Crippen molar-refractivity contribution in [3.05, 3.63) is 60.2 Å². The molecule has 2 aromatic carbocycles. The Morgan fingerprint density at radius 1 is 1.12 bits per heavy atom. The third-order valence-electron chi connectivity index (χ3n) is 3.60. The fraction of sp³-hybridized carbons (Fsp3) is 0.278. The number of anilines is 1. The first kappa shape index (κ1) is 19.6. The van der Waals surface area contributed by atoms with Crippen molar-refractivity contribution in [3.8, 4) is 5.75 Å². The van der Waals surface area contributed by atoms with Gasteiger partial charge in [-0.1, -0.05) is 30.3 Å². The van der Waals surface area contributed by atoms with Crippen LogP contribution < -0.4 is 15.8 Å². The summed E-state index contributed by atoms with van der Waals surface area (Å²) >= 11 is 0. The van der Waals surface area contributed by atoms with E-state index >= 15 is 0 Å². The second-order valence-electron chi connectivity index (χ2n) is 5.81. The Morgan fingerprint density at radius 3 is 2.27 bits per heavy atom. The van der Waals surface area contributed by atoms with Crippen LogP contribution in [-0.4, -0.2) is 37.9 Å². The minimum atomic E-state index is -4.71. The maximum atomic E-state index is 12.2. The summed E-state index contributed by atoms with van der Waals surface area (Å²) < 4.78 is 40.3. The normalized spacial score (nSPS) is 13.5. The molecular weight excluding hydrogens is 345 g/mol. The molecule has 1 unspecified atom stereocenters. The summed E-state index contributed by atoms with van der Waals surface area (Å²) in [5.41, 5.74) is 7.51. The van der Waals surface area contributed by atoms with Gasteiger partial charge in [0.1, 0.15) is 5.75 Å². The van der Waals surface area contributed by atoms with E-state index in [9.17, 15) is 13.2 Å². The number of aliphatic imine (C=N–C) groups is 1. The zero-order chi connectivity index (χ0) is 19.2. The molecule has 0 radical (unpaired) electrons. The Bertz CT molecular complexity index is 715. The van der Waals surface area contributed by atoms with Crippen LogP contribution in [0.2, 0.25) is 0 Å². The van der Waals surface area contributed by atoms with Gasteiger partial charge in [0.25, 0.3) is 0 Å². The Kier molecular flexibility index (Phi) is 6.46. The molecule has 1 atom stereocenters. The van der Waals surface area contributed by atoms with Gasteiger partial charge in [-0.15, -0.1) is 13.2 Å². The highest BCUT2D eigenvalue weighted by molar-refractivity contribution is 5.92. The molecule has 0 aliphatic rings. The van der Waals surface area contributed by atoms with Crippen LogP contribution in [0.1, 0.15) is 11.6 Å². The zero-order valence-electron chi connectivity index (χ0n) is 14.5. The van der Waals surface area contributed by atoms with E-state index in [1.807, 2.05) is 49.3 Å². The van der Waals surface area contributed by atoms with E-state index in [0.29, 0.717) is 12.2 Å². The molecule has 0 amide bonds. The Labute approximate surface area is 150 Å². The molecule has 2 aromatic rings. The first-order valence-electron chi connectivity index (χ1n) is 7.89. The maximum Gasteiger partial charge on any atom is 0.573 e. The zero-order valence-corrected chi connectivity index (χ0v) is 14.5. The molecule has 0 aromatic heterocycles. The molecule has 0 bridgehead atoms. The molecular formula is C18H21F3N4O. The number of nitrogens with two attached hydrogens (primary N) is 1. The minimum Gasteiger partial charge on any atom is -0.406 e. The van der Waals surface area contributed by atoms with E-state index < -0.39 is 6.36 Å². The number of halogens is 3. The first-order valence-corrected chi connectivity index (χ1v) is 7.89. The summed E-state index contributed by atoms with van der Waals surface area (Å²) in [5, 5.41) is 2.85. The molecule has 0 aliphatic heterocycles. The Morgan fingerprint density at radius 2 is 1.73 bits per heavy atom. The summed E-state index contributed by atoms with van der Waals surface area (Å²) in [4.78, 5) is 6.37. The van der Waals surface area contributed by atoms with E-state index in [1.165, 1.54) is 24.3 Å². The van der Waals surface area contributed by atoms with E-state index in [4.69, 9.17) is 5.73 Å². The summed E-state index contributed by atoms with van der Waals surface area (Å²) in [6.07, 6.45) is -4.71. The second-order valence-corrected chi connectivity index (χ2v) is 5.81. The first-order chi connectivity index (χ1) is 12.2. The van der Waals surface area contributed by atoms with Gasteiger partial charge in [-0.3, -0.25) is 4.99 Å². The van der Waals surface area contributed by atoms with Gasteiger partial charge in [0, 0.05) is 5.69 Å². The van der Waals surface area contributed by atoms with Crippen LogP contribution in [0, 0.1) is 0 Å².